The maximum absolute atomic E-state index is 9.51. The number of rotatable bonds is 8. The first-order chi connectivity index (χ1) is 8.59. The van der Waals surface area contributed by atoms with Crippen LogP contribution in [0.5, 0.6) is 0 Å². The summed E-state index contributed by atoms with van der Waals surface area (Å²) < 4.78 is 0. The number of aliphatic hydroxyl groups excluding tert-OH is 1. The molecule has 18 heavy (non-hydrogen) atoms. The van der Waals surface area contributed by atoms with Gasteiger partial charge in [0.15, 0.2) is 0 Å². The van der Waals surface area contributed by atoms with Crippen LogP contribution in [0.4, 0.5) is 0 Å². The lowest BCUT2D eigenvalue weighted by molar-refractivity contribution is 0.144. The molecule has 2 N–H and O–H groups in total. The maximum Gasteiger partial charge on any atom is 0.0610 e. The van der Waals surface area contributed by atoms with Crippen LogP contribution < -0.4 is 5.32 Å². The molecule has 3 nitrogen and oxygen atoms in total. The van der Waals surface area contributed by atoms with Crippen LogP contribution in [-0.4, -0.2) is 48.3 Å². The minimum absolute atomic E-state index is 0.0859. The van der Waals surface area contributed by atoms with E-state index in [1.807, 2.05) is 0 Å². The molecular formula is C15H32N2O. The molecular weight excluding hydrogens is 224 g/mol. The van der Waals surface area contributed by atoms with Gasteiger partial charge in [0.2, 0.25) is 0 Å². The van der Waals surface area contributed by atoms with Gasteiger partial charge in [-0.2, -0.15) is 0 Å². The molecule has 108 valence electrons. The van der Waals surface area contributed by atoms with E-state index >= 15 is 0 Å². The highest BCUT2D eigenvalue weighted by Crippen LogP contribution is 2.17. The van der Waals surface area contributed by atoms with Crippen LogP contribution >= 0.6 is 0 Å². The fraction of sp³-hybridized carbons (Fsp3) is 1.00. The molecule has 1 aliphatic rings. The van der Waals surface area contributed by atoms with E-state index in [-0.39, 0.29) is 12.1 Å². The van der Waals surface area contributed by atoms with Crippen molar-refractivity contribution in [1.82, 2.24) is 10.2 Å². The van der Waals surface area contributed by atoms with E-state index in [1.165, 1.54) is 38.9 Å². The molecule has 2 atom stereocenters. The standard InChI is InChI=1S/C15H32N2O/c1-4-9-16-15(3,13-18)8-6-11-17-10-5-7-14(2)12-17/h14,16,18H,4-13H2,1-3H3. The van der Waals surface area contributed by atoms with Gasteiger partial charge in [0.25, 0.3) is 0 Å². The van der Waals surface area contributed by atoms with Crippen LogP contribution in [0.1, 0.15) is 52.9 Å². The molecule has 0 aromatic carbocycles. The Labute approximate surface area is 113 Å². The van der Waals surface area contributed by atoms with Gasteiger partial charge in [0.05, 0.1) is 6.61 Å². The summed E-state index contributed by atoms with van der Waals surface area (Å²) in [4.78, 5) is 2.59. The average Bonchev–Trinajstić information content (AvgIpc) is 2.36. The molecule has 0 aromatic heterocycles. The van der Waals surface area contributed by atoms with Crippen molar-refractivity contribution in [2.45, 2.75) is 58.4 Å². The second-order valence-corrected chi connectivity index (χ2v) is 6.30. The van der Waals surface area contributed by atoms with Gasteiger partial charge in [-0.05, 0) is 64.6 Å². The molecule has 0 aromatic rings. The minimum Gasteiger partial charge on any atom is -0.394 e. The van der Waals surface area contributed by atoms with Gasteiger partial charge in [-0.3, -0.25) is 0 Å². The largest absolute Gasteiger partial charge is 0.394 e. The van der Waals surface area contributed by atoms with Crippen molar-refractivity contribution in [1.29, 1.82) is 0 Å². The molecule has 0 spiro atoms. The summed E-state index contributed by atoms with van der Waals surface area (Å²) in [5.41, 5.74) is -0.0859. The predicted molar refractivity (Wildman–Crippen MR) is 77.9 cm³/mol. The Morgan fingerprint density at radius 2 is 2.22 bits per heavy atom. The van der Waals surface area contributed by atoms with E-state index in [4.69, 9.17) is 0 Å². The Hall–Kier alpha value is -0.120. The van der Waals surface area contributed by atoms with Crippen molar-refractivity contribution < 1.29 is 5.11 Å². The summed E-state index contributed by atoms with van der Waals surface area (Å²) in [6, 6.07) is 0. The Balaban J connectivity index is 2.21. The summed E-state index contributed by atoms with van der Waals surface area (Å²) in [6.07, 6.45) is 6.11. The number of piperidine rings is 1. The van der Waals surface area contributed by atoms with Crippen molar-refractivity contribution in [2.24, 2.45) is 5.92 Å². The number of likely N-dealkylation sites (tertiary alicyclic amines) is 1. The van der Waals surface area contributed by atoms with Crippen LogP contribution in [0.3, 0.4) is 0 Å². The van der Waals surface area contributed by atoms with Crippen molar-refractivity contribution >= 4 is 0 Å². The zero-order chi connectivity index (χ0) is 13.4. The molecule has 1 heterocycles. The van der Waals surface area contributed by atoms with Crippen LogP contribution in [0.2, 0.25) is 0 Å². The Kier molecular flexibility index (Phi) is 7.20. The fourth-order valence-corrected chi connectivity index (χ4v) is 2.83. The Morgan fingerprint density at radius 3 is 2.83 bits per heavy atom. The molecule has 0 radical (unpaired) electrons. The highest BCUT2D eigenvalue weighted by molar-refractivity contribution is 4.82. The van der Waals surface area contributed by atoms with Crippen molar-refractivity contribution in [2.75, 3.05) is 32.8 Å². The molecule has 0 bridgehead atoms. The third kappa shape index (κ3) is 5.68. The van der Waals surface area contributed by atoms with Crippen molar-refractivity contribution in [3.8, 4) is 0 Å². The molecule has 1 fully saturated rings. The average molecular weight is 256 g/mol. The molecule has 1 aliphatic heterocycles. The number of hydrogen-bond acceptors (Lipinski definition) is 3. The minimum atomic E-state index is -0.0859. The van der Waals surface area contributed by atoms with Gasteiger partial charge >= 0.3 is 0 Å². The first kappa shape index (κ1) is 15.9. The Bertz CT molecular complexity index is 223. The second-order valence-electron chi connectivity index (χ2n) is 6.30. The topological polar surface area (TPSA) is 35.5 Å². The zero-order valence-electron chi connectivity index (χ0n) is 12.5. The lowest BCUT2D eigenvalue weighted by atomic mass is 9.95. The summed E-state index contributed by atoms with van der Waals surface area (Å²) in [5.74, 6) is 0.862. The summed E-state index contributed by atoms with van der Waals surface area (Å²) in [7, 11) is 0. The first-order valence-corrected chi connectivity index (χ1v) is 7.68. The van der Waals surface area contributed by atoms with E-state index in [0.29, 0.717) is 0 Å². The predicted octanol–water partition coefficient (Wildman–Crippen LogP) is 2.25. The van der Waals surface area contributed by atoms with E-state index in [9.17, 15) is 5.11 Å². The number of nitrogens with one attached hydrogen (secondary N) is 1. The van der Waals surface area contributed by atoms with E-state index in [0.717, 1.165) is 25.3 Å². The first-order valence-electron chi connectivity index (χ1n) is 7.68. The summed E-state index contributed by atoms with van der Waals surface area (Å²) >= 11 is 0. The van der Waals surface area contributed by atoms with Gasteiger partial charge in [-0.1, -0.05) is 13.8 Å². The SMILES string of the molecule is CCCNC(C)(CO)CCCN1CCCC(C)C1. The molecule has 1 saturated heterocycles. The van der Waals surface area contributed by atoms with Crippen LogP contribution in [0, 0.1) is 5.92 Å². The molecule has 2 unspecified atom stereocenters. The summed E-state index contributed by atoms with van der Waals surface area (Å²) in [5, 5.41) is 13.0. The molecule has 1 rings (SSSR count). The van der Waals surface area contributed by atoms with Crippen LogP contribution in [0.25, 0.3) is 0 Å². The molecule has 0 saturated carbocycles. The smallest absolute Gasteiger partial charge is 0.0610 e. The van der Waals surface area contributed by atoms with Crippen molar-refractivity contribution in [3.63, 3.8) is 0 Å². The van der Waals surface area contributed by atoms with Crippen LogP contribution in [-0.2, 0) is 0 Å². The summed E-state index contributed by atoms with van der Waals surface area (Å²) in [6.45, 7) is 11.6. The fourth-order valence-electron chi connectivity index (χ4n) is 2.83. The molecule has 0 aliphatic carbocycles. The lowest BCUT2D eigenvalue weighted by Gasteiger charge is -2.33. The highest BCUT2D eigenvalue weighted by atomic mass is 16.3. The number of nitrogens with zero attached hydrogens (tertiary/aromatic N) is 1. The molecule has 3 heteroatoms. The third-order valence-corrected chi connectivity index (χ3v) is 4.09. The number of hydrogen-bond donors (Lipinski definition) is 2. The number of aliphatic hydroxyl groups is 1. The zero-order valence-corrected chi connectivity index (χ0v) is 12.5. The van der Waals surface area contributed by atoms with Crippen LogP contribution in [0.15, 0.2) is 0 Å². The van der Waals surface area contributed by atoms with E-state index in [1.54, 1.807) is 0 Å². The normalized spacial score (nSPS) is 25.0. The monoisotopic (exact) mass is 256 g/mol. The van der Waals surface area contributed by atoms with Gasteiger partial charge in [0.1, 0.15) is 0 Å². The lowest BCUT2D eigenvalue weighted by Crippen LogP contribution is -2.46. The highest BCUT2D eigenvalue weighted by Gasteiger charge is 2.22. The van der Waals surface area contributed by atoms with Gasteiger partial charge in [-0.25, -0.2) is 0 Å². The quantitative estimate of drug-likeness (QED) is 0.699. The van der Waals surface area contributed by atoms with E-state index < -0.39 is 0 Å². The third-order valence-electron chi connectivity index (χ3n) is 4.09. The van der Waals surface area contributed by atoms with Crippen molar-refractivity contribution in [3.05, 3.63) is 0 Å². The maximum atomic E-state index is 9.51. The Morgan fingerprint density at radius 1 is 1.44 bits per heavy atom. The molecule has 0 amide bonds. The van der Waals surface area contributed by atoms with Gasteiger partial charge in [0, 0.05) is 12.1 Å². The van der Waals surface area contributed by atoms with Gasteiger partial charge in [-0.15, -0.1) is 0 Å². The van der Waals surface area contributed by atoms with Gasteiger partial charge < -0.3 is 15.3 Å². The second kappa shape index (κ2) is 8.13. The van der Waals surface area contributed by atoms with E-state index in [2.05, 4.69) is 31.0 Å².